The zero-order valence-corrected chi connectivity index (χ0v) is 23.3. The molecule has 0 amide bonds. The average Bonchev–Trinajstić information content (AvgIpc) is 3.06. The van der Waals surface area contributed by atoms with Crippen molar-refractivity contribution >= 4 is 28.4 Å². The maximum atomic E-state index is 5.44. The maximum absolute atomic E-state index is 5.44. The van der Waals surface area contributed by atoms with Gasteiger partial charge in [-0.25, -0.2) is 0 Å². The first-order valence-corrected chi connectivity index (χ1v) is 13.8. The minimum atomic E-state index is 0.841. The Balaban J connectivity index is 1.42. The highest BCUT2D eigenvalue weighted by atomic mass is 16.5. The van der Waals surface area contributed by atoms with Crippen molar-refractivity contribution in [3.63, 3.8) is 0 Å². The van der Waals surface area contributed by atoms with Crippen molar-refractivity contribution in [3.8, 4) is 28.0 Å². The summed E-state index contributed by atoms with van der Waals surface area (Å²) >= 11 is 0. The molecule has 6 aromatic rings. The molecule has 0 bridgehead atoms. The van der Waals surface area contributed by atoms with Crippen LogP contribution in [0.2, 0.25) is 0 Å². The molecule has 0 aromatic heterocycles. The van der Waals surface area contributed by atoms with E-state index in [2.05, 4.69) is 156 Å². The standard InChI is InChI=1S/C38H32N2O/c1-39(35-18-11-21-38(28-35)41-2)33-22-24-34(25-23-33)40(36-19-9-16-31(26-36)29-12-5-3-6-13-29)37-20-10-17-32(27-37)30-14-7-4-8-15-30/h3-28H,1-2H3. The molecule has 0 fully saturated rings. The molecule has 0 N–H and O–H groups in total. The van der Waals surface area contributed by atoms with Gasteiger partial charge in [-0.2, -0.15) is 0 Å². The molecule has 0 aliphatic rings. The largest absolute Gasteiger partial charge is 0.497 e. The Labute approximate surface area is 242 Å². The van der Waals surface area contributed by atoms with E-state index in [1.54, 1.807) is 7.11 Å². The summed E-state index contributed by atoms with van der Waals surface area (Å²) in [5, 5.41) is 0. The number of hydrogen-bond donors (Lipinski definition) is 0. The van der Waals surface area contributed by atoms with Crippen molar-refractivity contribution in [2.75, 3.05) is 24.0 Å². The molecule has 0 saturated carbocycles. The predicted molar refractivity (Wildman–Crippen MR) is 173 cm³/mol. The molecule has 6 aromatic carbocycles. The second-order valence-electron chi connectivity index (χ2n) is 9.95. The van der Waals surface area contributed by atoms with E-state index in [9.17, 15) is 0 Å². The first-order chi connectivity index (χ1) is 20.2. The third kappa shape index (κ3) is 5.70. The van der Waals surface area contributed by atoms with Crippen LogP contribution in [0.3, 0.4) is 0 Å². The van der Waals surface area contributed by atoms with E-state index in [0.29, 0.717) is 0 Å². The third-order valence-corrected chi connectivity index (χ3v) is 7.36. The Morgan fingerprint density at radius 2 is 0.854 bits per heavy atom. The molecule has 0 atom stereocenters. The summed E-state index contributed by atoms with van der Waals surface area (Å²) in [5.41, 5.74) is 10.2. The van der Waals surface area contributed by atoms with Crippen LogP contribution in [0.4, 0.5) is 28.4 Å². The van der Waals surface area contributed by atoms with E-state index in [-0.39, 0.29) is 0 Å². The van der Waals surface area contributed by atoms with Gasteiger partial charge < -0.3 is 14.5 Å². The van der Waals surface area contributed by atoms with Crippen LogP contribution in [0.25, 0.3) is 22.3 Å². The van der Waals surface area contributed by atoms with E-state index >= 15 is 0 Å². The van der Waals surface area contributed by atoms with E-state index in [1.807, 2.05) is 18.2 Å². The van der Waals surface area contributed by atoms with Gasteiger partial charge in [-0.15, -0.1) is 0 Å². The molecule has 3 heteroatoms. The number of hydrogen-bond acceptors (Lipinski definition) is 3. The van der Waals surface area contributed by atoms with E-state index in [0.717, 1.165) is 34.2 Å². The molecule has 0 unspecified atom stereocenters. The maximum Gasteiger partial charge on any atom is 0.120 e. The minimum Gasteiger partial charge on any atom is -0.497 e. The van der Waals surface area contributed by atoms with Crippen molar-refractivity contribution in [2.45, 2.75) is 0 Å². The fourth-order valence-electron chi connectivity index (χ4n) is 5.15. The molecule has 0 spiro atoms. The van der Waals surface area contributed by atoms with Gasteiger partial charge in [0.1, 0.15) is 5.75 Å². The Kier molecular flexibility index (Phi) is 7.51. The lowest BCUT2D eigenvalue weighted by Crippen LogP contribution is -2.12. The first kappa shape index (κ1) is 26.0. The molecular formula is C38H32N2O. The molecule has 3 nitrogen and oxygen atoms in total. The zero-order valence-electron chi connectivity index (χ0n) is 23.3. The number of rotatable bonds is 8. The molecule has 0 radical (unpaired) electrons. The van der Waals surface area contributed by atoms with Gasteiger partial charge in [-0.1, -0.05) is 91.0 Å². The molecule has 0 aliphatic carbocycles. The first-order valence-electron chi connectivity index (χ1n) is 13.8. The number of ether oxygens (including phenoxy) is 1. The fourth-order valence-corrected chi connectivity index (χ4v) is 5.15. The predicted octanol–water partition coefficient (Wildman–Crippen LogP) is 10.3. The Hall–Kier alpha value is -5.28. The summed E-state index contributed by atoms with van der Waals surface area (Å²) < 4.78 is 5.44. The van der Waals surface area contributed by atoms with Crippen LogP contribution >= 0.6 is 0 Å². The van der Waals surface area contributed by atoms with E-state index < -0.39 is 0 Å². The Bertz CT molecular complexity index is 1650. The second kappa shape index (κ2) is 11.8. The monoisotopic (exact) mass is 532 g/mol. The van der Waals surface area contributed by atoms with Crippen LogP contribution < -0.4 is 14.5 Å². The highest BCUT2D eigenvalue weighted by Gasteiger charge is 2.15. The molecule has 0 aliphatic heterocycles. The fraction of sp³-hybridized carbons (Fsp3) is 0.0526. The van der Waals surface area contributed by atoms with Gasteiger partial charge in [0.25, 0.3) is 0 Å². The number of nitrogens with zero attached hydrogens (tertiary/aromatic N) is 2. The SMILES string of the molecule is COc1cccc(N(C)c2ccc(N(c3cccc(-c4ccccc4)c3)c3cccc(-c4ccccc4)c3)cc2)c1. The lowest BCUT2D eigenvalue weighted by atomic mass is 10.0. The van der Waals surface area contributed by atoms with Crippen LogP contribution in [0.5, 0.6) is 5.75 Å². The van der Waals surface area contributed by atoms with E-state index in [1.165, 1.54) is 22.3 Å². The van der Waals surface area contributed by atoms with Gasteiger partial charge in [0.05, 0.1) is 7.11 Å². The zero-order chi connectivity index (χ0) is 28.0. The van der Waals surface area contributed by atoms with Gasteiger partial charge in [-0.3, -0.25) is 0 Å². The quantitative estimate of drug-likeness (QED) is 0.194. The van der Waals surface area contributed by atoms with Crippen LogP contribution in [0, 0.1) is 0 Å². The summed E-state index contributed by atoms with van der Waals surface area (Å²) in [6.45, 7) is 0. The van der Waals surface area contributed by atoms with Crippen molar-refractivity contribution in [1.29, 1.82) is 0 Å². The third-order valence-electron chi connectivity index (χ3n) is 7.36. The molecule has 6 rings (SSSR count). The summed E-state index contributed by atoms with van der Waals surface area (Å²) in [4.78, 5) is 4.50. The van der Waals surface area contributed by atoms with Crippen LogP contribution in [0.15, 0.2) is 158 Å². The lowest BCUT2D eigenvalue weighted by molar-refractivity contribution is 0.415. The van der Waals surface area contributed by atoms with E-state index in [4.69, 9.17) is 4.74 Å². The van der Waals surface area contributed by atoms with Crippen molar-refractivity contribution in [1.82, 2.24) is 0 Å². The Morgan fingerprint density at radius 3 is 1.39 bits per heavy atom. The number of anilines is 5. The molecule has 200 valence electrons. The minimum absolute atomic E-state index is 0.841. The lowest BCUT2D eigenvalue weighted by Gasteiger charge is -2.27. The molecule has 0 heterocycles. The summed E-state index contributed by atoms with van der Waals surface area (Å²) in [5.74, 6) is 0.841. The van der Waals surface area contributed by atoms with Gasteiger partial charge in [0.15, 0.2) is 0 Å². The summed E-state index contributed by atoms with van der Waals surface area (Å²) in [6, 6.07) is 55.4. The summed E-state index contributed by atoms with van der Waals surface area (Å²) in [6.07, 6.45) is 0. The average molecular weight is 533 g/mol. The highest BCUT2D eigenvalue weighted by Crippen LogP contribution is 2.39. The topological polar surface area (TPSA) is 15.7 Å². The second-order valence-corrected chi connectivity index (χ2v) is 9.95. The number of benzene rings is 6. The van der Waals surface area contributed by atoms with Crippen molar-refractivity contribution in [2.24, 2.45) is 0 Å². The van der Waals surface area contributed by atoms with Gasteiger partial charge in [-0.05, 0) is 82.9 Å². The number of methoxy groups -OCH3 is 1. The highest BCUT2D eigenvalue weighted by molar-refractivity contribution is 5.83. The van der Waals surface area contributed by atoms with Crippen LogP contribution in [-0.2, 0) is 0 Å². The normalized spacial score (nSPS) is 10.7. The van der Waals surface area contributed by atoms with Crippen molar-refractivity contribution in [3.05, 3.63) is 158 Å². The van der Waals surface area contributed by atoms with Crippen LogP contribution in [0.1, 0.15) is 0 Å². The molecule has 41 heavy (non-hydrogen) atoms. The summed E-state index contributed by atoms with van der Waals surface area (Å²) in [7, 11) is 3.77. The smallest absolute Gasteiger partial charge is 0.120 e. The Morgan fingerprint density at radius 1 is 0.390 bits per heavy atom. The van der Waals surface area contributed by atoms with Crippen LogP contribution in [-0.4, -0.2) is 14.2 Å². The van der Waals surface area contributed by atoms with Gasteiger partial charge in [0, 0.05) is 41.6 Å². The van der Waals surface area contributed by atoms with Gasteiger partial charge in [0.2, 0.25) is 0 Å². The molecular weight excluding hydrogens is 500 g/mol. The molecule has 0 saturated heterocycles. The van der Waals surface area contributed by atoms with Crippen molar-refractivity contribution < 1.29 is 4.74 Å². The van der Waals surface area contributed by atoms with Gasteiger partial charge >= 0.3 is 0 Å².